The van der Waals surface area contributed by atoms with E-state index < -0.39 is 5.54 Å². The van der Waals surface area contributed by atoms with Crippen molar-refractivity contribution in [2.75, 3.05) is 26.4 Å². The molecule has 0 bridgehead atoms. The highest BCUT2D eigenvalue weighted by Crippen LogP contribution is 2.13. The molecule has 0 aromatic rings. The predicted molar refractivity (Wildman–Crippen MR) is 62.1 cm³/mol. The van der Waals surface area contributed by atoms with E-state index in [2.05, 4.69) is 11.4 Å². The second kappa shape index (κ2) is 6.85. The predicted octanol–water partition coefficient (Wildman–Crippen LogP) is 1.46. The van der Waals surface area contributed by atoms with Gasteiger partial charge in [-0.1, -0.05) is 6.92 Å². The van der Waals surface area contributed by atoms with Gasteiger partial charge < -0.3 is 9.47 Å². The number of nitrogens with one attached hydrogen (secondary N) is 1. The Labute approximate surface area is 97.9 Å². The Balaban J connectivity index is 2.11. The van der Waals surface area contributed by atoms with Crippen LogP contribution in [0, 0.1) is 11.3 Å². The molecule has 0 radical (unpaired) electrons. The summed E-state index contributed by atoms with van der Waals surface area (Å²) in [5.41, 5.74) is -0.412. The highest BCUT2D eigenvalue weighted by atomic mass is 16.5. The van der Waals surface area contributed by atoms with Gasteiger partial charge in [-0.2, -0.15) is 5.26 Å². The first kappa shape index (κ1) is 13.4. The summed E-state index contributed by atoms with van der Waals surface area (Å²) in [4.78, 5) is 0. The molecular formula is C12H22N2O2. The molecule has 4 nitrogen and oxygen atoms in total. The summed E-state index contributed by atoms with van der Waals surface area (Å²) >= 11 is 0. The molecule has 2 atom stereocenters. The van der Waals surface area contributed by atoms with Gasteiger partial charge in [-0.05, 0) is 32.7 Å². The zero-order valence-electron chi connectivity index (χ0n) is 10.3. The molecule has 1 rings (SSSR count). The lowest BCUT2D eigenvalue weighted by molar-refractivity contribution is 0.0390. The molecule has 0 aliphatic carbocycles. The van der Waals surface area contributed by atoms with Crippen LogP contribution in [-0.2, 0) is 9.47 Å². The van der Waals surface area contributed by atoms with Crippen molar-refractivity contribution in [3.8, 4) is 6.07 Å². The van der Waals surface area contributed by atoms with Crippen LogP contribution in [0.3, 0.4) is 0 Å². The number of hydrogen-bond acceptors (Lipinski definition) is 4. The van der Waals surface area contributed by atoms with E-state index in [1.54, 1.807) is 0 Å². The summed E-state index contributed by atoms with van der Waals surface area (Å²) < 4.78 is 10.9. The van der Waals surface area contributed by atoms with E-state index >= 15 is 0 Å². The van der Waals surface area contributed by atoms with Gasteiger partial charge in [0.15, 0.2) is 0 Å². The maximum Gasteiger partial charge on any atom is 0.104 e. The van der Waals surface area contributed by atoms with E-state index in [-0.39, 0.29) is 6.10 Å². The molecule has 0 amide bonds. The molecular weight excluding hydrogens is 204 g/mol. The Kier molecular flexibility index (Phi) is 5.75. The normalized spacial score (nSPS) is 23.9. The van der Waals surface area contributed by atoms with E-state index in [0.717, 1.165) is 45.6 Å². The van der Waals surface area contributed by atoms with Crippen molar-refractivity contribution in [2.45, 2.75) is 44.8 Å². The topological polar surface area (TPSA) is 54.3 Å². The van der Waals surface area contributed by atoms with Crippen molar-refractivity contribution >= 4 is 0 Å². The van der Waals surface area contributed by atoms with E-state index in [0.29, 0.717) is 0 Å². The number of nitriles is 1. The maximum absolute atomic E-state index is 9.05. The zero-order chi connectivity index (χ0) is 11.9. The summed E-state index contributed by atoms with van der Waals surface area (Å²) in [6, 6.07) is 2.32. The lowest BCUT2D eigenvalue weighted by atomic mass is 9.98. The summed E-state index contributed by atoms with van der Waals surface area (Å²) in [6.45, 7) is 7.04. The van der Waals surface area contributed by atoms with Crippen LogP contribution < -0.4 is 5.32 Å². The first-order chi connectivity index (χ1) is 7.70. The number of nitrogens with zero attached hydrogens (tertiary/aromatic N) is 1. The zero-order valence-corrected chi connectivity index (χ0v) is 10.3. The Bertz CT molecular complexity index is 234. The van der Waals surface area contributed by atoms with Gasteiger partial charge in [-0.15, -0.1) is 0 Å². The Morgan fingerprint density at radius 1 is 1.62 bits per heavy atom. The third-order valence-electron chi connectivity index (χ3n) is 2.88. The SMILES string of the molecule is CCNC(C)(C#N)CCCOC1CCOC1. The molecule has 1 heterocycles. The quantitative estimate of drug-likeness (QED) is 0.668. The maximum atomic E-state index is 9.05. The first-order valence-electron chi connectivity index (χ1n) is 6.06. The highest BCUT2D eigenvalue weighted by molar-refractivity contribution is 5.03. The van der Waals surface area contributed by atoms with Gasteiger partial charge in [0.2, 0.25) is 0 Å². The van der Waals surface area contributed by atoms with E-state index in [4.69, 9.17) is 14.7 Å². The molecule has 1 saturated heterocycles. The Morgan fingerprint density at radius 3 is 3.00 bits per heavy atom. The van der Waals surface area contributed by atoms with Crippen LogP contribution in [0.5, 0.6) is 0 Å². The van der Waals surface area contributed by atoms with Crippen molar-refractivity contribution in [3.63, 3.8) is 0 Å². The standard InChI is InChI=1S/C12H22N2O2/c1-3-14-12(2,10-13)6-4-7-16-11-5-8-15-9-11/h11,14H,3-9H2,1-2H3. The van der Waals surface area contributed by atoms with E-state index in [9.17, 15) is 0 Å². The van der Waals surface area contributed by atoms with Crippen LogP contribution in [0.1, 0.15) is 33.1 Å². The third-order valence-corrected chi connectivity index (χ3v) is 2.88. The Morgan fingerprint density at radius 2 is 2.44 bits per heavy atom. The van der Waals surface area contributed by atoms with E-state index in [1.165, 1.54) is 0 Å². The van der Waals surface area contributed by atoms with Crippen molar-refractivity contribution in [1.29, 1.82) is 5.26 Å². The summed E-state index contributed by atoms with van der Waals surface area (Å²) in [7, 11) is 0. The number of ether oxygens (including phenoxy) is 2. The largest absolute Gasteiger partial charge is 0.379 e. The average Bonchev–Trinajstić information content (AvgIpc) is 2.78. The highest BCUT2D eigenvalue weighted by Gasteiger charge is 2.22. The average molecular weight is 226 g/mol. The fourth-order valence-electron chi connectivity index (χ4n) is 1.89. The minimum atomic E-state index is -0.412. The van der Waals surface area contributed by atoms with Crippen LogP contribution in [0.25, 0.3) is 0 Å². The van der Waals surface area contributed by atoms with Gasteiger partial charge in [0.05, 0.1) is 18.8 Å². The van der Waals surface area contributed by atoms with Gasteiger partial charge in [0.1, 0.15) is 5.54 Å². The Hall–Kier alpha value is -0.630. The van der Waals surface area contributed by atoms with Gasteiger partial charge in [-0.25, -0.2) is 0 Å². The molecule has 1 aliphatic rings. The molecule has 16 heavy (non-hydrogen) atoms. The second-order valence-electron chi connectivity index (χ2n) is 4.43. The van der Waals surface area contributed by atoms with Crippen LogP contribution in [-0.4, -0.2) is 38.0 Å². The second-order valence-corrected chi connectivity index (χ2v) is 4.43. The molecule has 1 N–H and O–H groups in total. The molecule has 2 unspecified atom stereocenters. The number of rotatable bonds is 7. The van der Waals surface area contributed by atoms with Gasteiger partial charge in [0, 0.05) is 13.2 Å². The molecule has 0 saturated carbocycles. The fraction of sp³-hybridized carbons (Fsp3) is 0.917. The van der Waals surface area contributed by atoms with Crippen LogP contribution in [0.2, 0.25) is 0 Å². The van der Waals surface area contributed by atoms with Crippen molar-refractivity contribution < 1.29 is 9.47 Å². The summed E-state index contributed by atoms with van der Waals surface area (Å²) in [5, 5.41) is 12.2. The van der Waals surface area contributed by atoms with E-state index in [1.807, 2.05) is 13.8 Å². The van der Waals surface area contributed by atoms with Crippen LogP contribution in [0.4, 0.5) is 0 Å². The number of hydrogen-bond donors (Lipinski definition) is 1. The summed E-state index contributed by atoms with van der Waals surface area (Å²) in [5.74, 6) is 0. The lowest BCUT2D eigenvalue weighted by Gasteiger charge is -2.22. The molecule has 0 aromatic heterocycles. The van der Waals surface area contributed by atoms with Crippen molar-refractivity contribution in [1.82, 2.24) is 5.32 Å². The van der Waals surface area contributed by atoms with Gasteiger partial charge in [-0.3, -0.25) is 5.32 Å². The molecule has 0 spiro atoms. The third kappa shape index (κ3) is 4.48. The lowest BCUT2D eigenvalue weighted by Crippen LogP contribution is -2.40. The molecule has 0 aromatic carbocycles. The molecule has 92 valence electrons. The molecule has 1 fully saturated rings. The van der Waals surface area contributed by atoms with Gasteiger partial charge >= 0.3 is 0 Å². The molecule has 4 heteroatoms. The smallest absolute Gasteiger partial charge is 0.104 e. The fourth-order valence-corrected chi connectivity index (χ4v) is 1.89. The van der Waals surface area contributed by atoms with Crippen molar-refractivity contribution in [3.05, 3.63) is 0 Å². The first-order valence-corrected chi connectivity index (χ1v) is 6.06. The minimum Gasteiger partial charge on any atom is -0.379 e. The minimum absolute atomic E-state index is 0.271. The van der Waals surface area contributed by atoms with Crippen molar-refractivity contribution in [2.24, 2.45) is 0 Å². The summed E-state index contributed by atoms with van der Waals surface area (Å²) in [6.07, 6.45) is 3.01. The monoisotopic (exact) mass is 226 g/mol. The van der Waals surface area contributed by atoms with Crippen LogP contribution >= 0.6 is 0 Å². The molecule has 1 aliphatic heterocycles. The van der Waals surface area contributed by atoms with Crippen LogP contribution in [0.15, 0.2) is 0 Å². The van der Waals surface area contributed by atoms with Gasteiger partial charge in [0.25, 0.3) is 0 Å².